The van der Waals surface area contributed by atoms with Crippen molar-refractivity contribution in [3.8, 4) is 5.69 Å². The summed E-state index contributed by atoms with van der Waals surface area (Å²) in [5.41, 5.74) is 1.40. The number of hydrogen-bond acceptors (Lipinski definition) is 6. The van der Waals surface area contributed by atoms with Crippen molar-refractivity contribution in [3.05, 3.63) is 64.7 Å². The van der Waals surface area contributed by atoms with Crippen LogP contribution in [0.5, 0.6) is 0 Å². The summed E-state index contributed by atoms with van der Waals surface area (Å²) in [6.45, 7) is 1.43. The number of nitrogens with zero attached hydrogens (tertiary/aromatic N) is 4. The quantitative estimate of drug-likeness (QED) is 0.635. The van der Waals surface area contributed by atoms with Crippen LogP contribution in [0, 0.1) is 0 Å². The van der Waals surface area contributed by atoms with Crippen LogP contribution in [0.4, 0.5) is 0 Å². The number of Topliss-reactive ketones (excluding diaryl/α,β-unsaturated/α-hetero) is 1. The molecule has 0 amide bonds. The molecule has 0 saturated carbocycles. The maximum atomic E-state index is 12.7. The van der Waals surface area contributed by atoms with Gasteiger partial charge in [0.1, 0.15) is 0 Å². The number of hydrogen-bond donors (Lipinski definition) is 0. The van der Waals surface area contributed by atoms with Gasteiger partial charge in [-0.25, -0.2) is 8.42 Å². The molecule has 1 heterocycles. The van der Waals surface area contributed by atoms with E-state index in [4.69, 9.17) is 11.6 Å². The standard InChI is InChI=1S/C16H13ClN4O3S/c1-11(22)13-3-2-4-15(9-13)21-16(18-19-20-21)25(23,24)10-12-5-7-14(17)8-6-12/h2-9H,10H2,1H3. The first-order valence-electron chi connectivity index (χ1n) is 7.24. The molecule has 9 heteroatoms. The summed E-state index contributed by atoms with van der Waals surface area (Å²) in [4.78, 5) is 11.5. The molecule has 3 aromatic rings. The third-order valence-corrected chi connectivity index (χ3v) is 5.26. The van der Waals surface area contributed by atoms with Crippen LogP contribution >= 0.6 is 11.6 Å². The summed E-state index contributed by atoms with van der Waals surface area (Å²) in [6.07, 6.45) is 0. The number of tetrazole rings is 1. The van der Waals surface area contributed by atoms with Gasteiger partial charge in [0.15, 0.2) is 5.78 Å². The number of rotatable bonds is 5. The molecule has 7 nitrogen and oxygen atoms in total. The van der Waals surface area contributed by atoms with Crippen LogP contribution in [0.3, 0.4) is 0 Å². The highest BCUT2D eigenvalue weighted by Crippen LogP contribution is 2.19. The van der Waals surface area contributed by atoms with Gasteiger partial charge < -0.3 is 0 Å². The first-order chi connectivity index (χ1) is 11.9. The molecule has 1 aromatic heterocycles. The summed E-state index contributed by atoms with van der Waals surface area (Å²) in [5, 5.41) is 11.1. The molecule has 0 aliphatic carbocycles. The fraction of sp³-hybridized carbons (Fsp3) is 0.125. The van der Waals surface area contributed by atoms with Gasteiger partial charge in [-0.1, -0.05) is 41.0 Å². The molecule has 0 aliphatic heterocycles. The Morgan fingerprint density at radius 2 is 1.88 bits per heavy atom. The minimum absolute atomic E-state index is 0.138. The van der Waals surface area contributed by atoms with Crippen LogP contribution in [-0.2, 0) is 15.6 Å². The Balaban J connectivity index is 1.99. The number of sulfone groups is 1. The number of aromatic nitrogens is 4. The molecule has 0 spiro atoms. The molecule has 2 aromatic carbocycles. The van der Waals surface area contributed by atoms with Crippen LogP contribution in [-0.4, -0.2) is 34.4 Å². The molecule has 0 N–H and O–H groups in total. The average Bonchev–Trinajstić information content (AvgIpc) is 3.08. The lowest BCUT2D eigenvalue weighted by Crippen LogP contribution is -2.13. The Bertz CT molecular complexity index is 1030. The Kier molecular flexibility index (Phi) is 4.65. The summed E-state index contributed by atoms with van der Waals surface area (Å²) in [7, 11) is -3.80. The monoisotopic (exact) mass is 376 g/mol. The van der Waals surface area contributed by atoms with Crippen molar-refractivity contribution in [3.63, 3.8) is 0 Å². The topological polar surface area (TPSA) is 94.8 Å². The highest BCUT2D eigenvalue weighted by molar-refractivity contribution is 7.90. The van der Waals surface area contributed by atoms with Crippen LogP contribution < -0.4 is 0 Å². The maximum Gasteiger partial charge on any atom is 0.272 e. The van der Waals surface area contributed by atoms with E-state index < -0.39 is 9.84 Å². The smallest absolute Gasteiger partial charge is 0.272 e. The maximum absolute atomic E-state index is 12.7. The van der Waals surface area contributed by atoms with Crippen LogP contribution in [0.25, 0.3) is 5.69 Å². The molecule has 0 radical (unpaired) electrons. The second kappa shape index (κ2) is 6.73. The van der Waals surface area contributed by atoms with E-state index in [2.05, 4.69) is 15.5 Å². The van der Waals surface area contributed by atoms with Gasteiger partial charge in [0.05, 0.1) is 11.4 Å². The SMILES string of the molecule is CC(=O)c1cccc(-n2nnnc2S(=O)(=O)Cc2ccc(Cl)cc2)c1. The zero-order chi connectivity index (χ0) is 18.0. The van der Waals surface area contributed by atoms with Gasteiger partial charge >= 0.3 is 0 Å². The van der Waals surface area contributed by atoms with E-state index >= 15 is 0 Å². The summed E-state index contributed by atoms with van der Waals surface area (Å²) < 4.78 is 26.5. The van der Waals surface area contributed by atoms with Gasteiger partial charge in [-0.15, -0.1) is 0 Å². The zero-order valence-electron chi connectivity index (χ0n) is 13.1. The van der Waals surface area contributed by atoms with Gasteiger partial charge in [0.25, 0.3) is 5.16 Å². The molecule has 0 fully saturated rings. The lowest BCUT2D eigenvalue weighted by Gasteiger charge is -2.07. The molecule has 128 valence electrons. The summed E-state index contributed by atoms with van der Waals surface area (Å²) >= 11 is 5.81. The lowest BCUT2D eigenvalue weighted by atomic mass is 10.1. The van der Waals surface area contributed by atoms with Crippen molar-refractivity contribution in [1.29, 1.82) is 0 Å². The number of carbonyl (C=O) groups excluding carboxylic acids is 1. The fourth-order valence-corrected chi connectivity index (χ4v) is 3.71. The molecule has 25 heavy (non-hydrogen) atoms. The molecule has 0 aliphatic rings. The molecule has 0 saturated heterocycles. The number of halogens is 1. The van der Waals surface area contributed by atoms with Crippen LogP contribution in [0.2, 0.25) is 5.02 Å². The normalized spacial score (nSPS) is 11.4. The number of benzene rings is 2. The highest BCUT2D eigenvalue weighted by Gasteiger charge is 2.24. The third kappa shape index (κ3) is 3.75. The van der Waals surface area contributed by atoms with Gasteiger partial charge in [0.2, 0.25) is 9.84 Å². The van der Waals surface area contributed by atoms with Gasteiger partial charge in [-0.3, -0.25) is 4.79 Å². The minimum atomic E-state index is -3.80. The van der Waals surface area contributed by atoms with Crippen molar-refractivity contribution in [2.75, 3.05) is 0 Å². The van der Waals surface area contributed by atoms with Crippen LogP contribution in [0.1, 0.15) is 22.8 Å². The second-order valence-electron chi connectivity index (χ2n) is 5.37. The van der Waals surface area contributed by atoms with E-state index in [0.29, 0.717) is 21.8 Å². The van der Waals surface area contributed by atoms with Crippen LogP contribution in [0.15, 0.2) is 53.7 Å². The summed E-state index contributed by atoms with van der Waals surface area (Å²) in [5.74, 6) is -0.405. The minimum Gasteiger partial charge on any atom is -0.295 e. The molecular formula is C16H13ClN4O3S. The van der Waals surface area contributed by atoms with E-state index in [-0.39, 0.29) is 16.7 Å². The van der Waals surface area contributed by atoms with E-state index in [1.54, 1.807) is 48.5 Å². The molecule has 0 atom stereocenters. The molecular weight excluding hydrogens is 364 g/mol. The average molecular weight is 377 g/mol. The Hall–Kier alpha value is -2.58. The predicted molar refractivity (Wildman–Crippen MR) is 91.5 cm³/mol. The zero-order valence-corrected chi connectivity index (χ0v) is 14.7. The Labute approximate surface area is 149 Å². The van der Waals surface area contributed by atoms with Gasteiger partial charge in [-0.05, 0) is 47.2 Å². The number of carbonyl (C=O) groups is 1. The Morgan fingerprint density at radius 1 is 1.16 bits per heavy atom. The van der Waals surface area contributed by atoms with Crippen molar-refractivity contribution in [2.24, 2.45) is 0 Å². The largest absolute Gasteiger partial charge is 0.295 e. The lowest BCUT2D eigenvalue weighted by molar-refractivity contribution is 0.101. The van der Waals surface area contributed by atoms with E-state index in [9.17, 15) is 13.2 Å². The summed E-state index contributed by atoms with van der Waals surface area (Å²) in [6, 6.07) is 12.9. The molecule has 0 unspecified atom stereocenters. The van der Waals surface area contributed by atoms with E-state index in [1.165, 1.54) is 6.92 Å². The van der Waals surface area contributed by atoms with Crippen molar-refractivity contribution >= 4 is 27.2 Å². The predicted octanol–water partition coefficient (Wildman–Crippen LogP) is 2.49. The van der Waals surface area contributed by atoms with Gasteiger partial charge in [0, 0.05) is 10.6 Å². The van der Waals surface area contributed by atoms with Crippen molar-refractivity contribution < 1.29 is 13.2 Å². The fourth-order valence-electron chi connectivity index (χ4n) is 2.26. The highest BCUT2D eigenvalue weighted by atomic mass is 35.5. The Morgan fingerprint density at radius 3 is 2.56 bits per heavy atom. The second-order valence-corrected chi connectivity index (χ2v) is 7.69. The number of ketones is 1. The first kappa shape index (κ1) is 17.2. The molecule has 0 bridgehead atoms. The molecule has 3 rings (SSSR count). The third-order valence-electron chi connectivity index (χ3n) is 3.49. The van der Waals surface area contributed by atoms with Crippen molar-refractivity contribution in [2.45, 2.75) is 17.8 Å². The van der Waals surface area contributed by atoms with E-state index in [0.717, 1.165) is 4.68 Å². The van der Waals surface area contributed by atoms with Crippen molar-refractivity contribution in [1.82, 2.24) is 20.2 Å². The first-order valence-corrected chi connectivity index (χ1v) is 9.27. The van der Waals surface area contributed by atoms with E-state index in [1.807, 2.05) is 0 Å². The van der Waals surface area contributed by atoms with Gasteiger partial charge in [-0.2, -0.15) is 4.68 Å².